The van der Waals surface area contributed by atoms with Crippen LogP contribution in [-0.2, 0) is 14.8 Å². The Morgan fingerprint density at radius 3 is 2.08 bits per heavy atom. The van der Waals surface area contributed by atoms with Gasteiger partial charge in [-0.3, -0.25) is 9.59 Å². The van der Waals surface area contributed by atoms with Crippen LogP contribution in [0.25, 0.3) is 0 Å². The molecule has 1 aromatic carbocycles. The molecule has 2 fully saturated rings. The van der Waals surface area contributed by atoms with E-state index in [-0.39, 0.29) is 17.3 Å². The first-order valence-electron chi connectivity index (χ1n) is 8.27. The zero-order chi connectivity index (χ0) is 18.4. The third kappa shape index (κ3) is 3.28. The van der Waals surface area contributed by atoms with E-state index in [0.717, 1.165) is 17.4 Å². The lowest BCUT2D eigenvalue weighted by Crippen LogP contribution is -2.47. The predicted molar refractivity (Wildman–Crippen MR) is 94.9 cm³/mol. The summed E-state index contributed by atoms with van der Waals surface area (Å²) >= 11 is 0. The Labute approximate surface area is 148 Å². The number of carbonyl (C=O) groups excluding carboxylic acids is 2. The molecule has 7 nitrogen and oxygen atoms in total. The van der Waals surface area contributed by atoms with Crippen molar-refractivity contribution in [2.24, 2.45) is 5.41 Å². The number of carbonyl (C=O) groups is 2. The number of hydrogen-bond acceptors (Lipinski definition) is 5. The summed E-state index contributed by atoms with van der Waals surface area (Å²) in [7, 11) is -1.65. The van der Waals surface area contributed by atoms with Gasteiger partial charge in [0.05, 0.1) is 16.9 Å². The Morgan fingerprint density at radius 2 is 1.60 bits per heavy atom. The molecule has 0 radical (unpaired) electrons. The second-order valence-electron chi connectivity index (χ2n) is 7.35. The molecule has 2 heterocycles. The Bertz CT molecular complexity index is 794. The van der Waals surface area contributed by atoms with Crippen molar-refractivity contribution in [3.8, 4) is 0 Å². The van der Waals surface area contributed by atoms with Gasteiger partial charge in [-0.05, 0) is 45.2 Å². The van der Waals surface area contributed by atoms with Crippen molar-refractivity contribution in [2.45, 2.75) is 13.8 Å². The van der Waals surface area contributed by atoms with Gasteiger partial charge in [0.2, 0.25) is 15.9 Å². The van der Waals surface area contributed by atoms with E-state index in [4.69, 9.17) is 0 Å². The van der Waals surface area contributed by atoms with Crippen LogP contribution in [0.4, 0.5) is 5.69 Å². The minimum atomic E-state index is -3.67. The number of piperazine rings is 1. The van der Waals surface area contributed by atoms with Crippen LogP contribution in [0.5, 0.6) is 0 Å². The van der Waals surface area contributed by atoms with Gasteiger partial charge in [0.25, 0.3) is 5.91 Å². The van der Waals surface area contributed by atoms with Crippen molar-refractivity contribution in [3.05, 3.63) is 29.8 Å². The first-order valence-corrected chi connectivity index (χ1v) is 9.88. The van der Waals surface area contributed by atoms with Crippen LogP contribution in [-0.4, -0.2) is 69.0 Å². The monoisotopic (exact) mass is 365 g/mol. The Morgan fingerprint density at radius 1 is 1.04 bits per heavy atom. The van der Waals surface area contributed by atoms with Gasteiger partial charge in [-0.2, -0.15) is 0 Å². The van der Waals surface area contributed by atoms with Crippen LogP contribution in [0.1, 0.15) is 24.2 Å². The van der Waals surface area contributed by atoms with Crippen LogP contribution in [0.15, 0.2) is 24.3 Å². The average Bonchev–Trinajstić information content (AvgIpc) is 2.71. The largest absolute Gasteiger partial charge is 0.336 e. The van der Waals surface area contributed by atoms with E-state index in [1.165, 1.54) is 12.1 Å². The van der Waals surface area contributed by atoms with E-state index in [1.807, 2.05) is 7.05 Å². The molecule has 0 N–H and O–H groups in total. The van der Waals surface area contributed by atoms with Gasteiger partial charge in [0, 0.05) is 31.7 Å². The molecule has 2 aliphatic heterocycles. The van der Waals surface area contributed by atoms with Gasteiger partial charge in [-0.25, -0.2) is 12.7 Å². The fourth-order valence-corrected chi connectivity index (χ4v) is 5.30. The molecule has 1 aromatic rings. The van der Waals surface area contributed by atoms with Crippen LogP contribution in [0, 0.1) is 5.41 Å². The number of sulfonamides is 1. The highest BCUT2D eigenvalue weighted by molar-refractivity contribution is 7.94. The maximum absolute atomic E-state index is 12.5. The van der Waals surface area contributed by atoms with Crippen LogP contribution in [0.2, 0.25) is 0 Å². The molecular weight excluding hydrogens is 342 g/mol. The van der Waals surface area contributed by atoms with Crippen molar-refractivity contribution < 1.29 is 18.0 Å². The summed E-state index contributed by atoms with van der Waals surface area (Å²) in [6, 6.07) is 6.23. The van der Waals surface area contributed by atoms with Gasteiger partial charge in [-0.1, -0.05) is 0 Å². The number of likely N-dealkylation sites (N-methyl/N-ethyl adjacent to an activating group) is 1. The van der Waals surface area contributed by atoms with Crippen LogP contribution < -0.4 is 4.31 Å². The van der Waals surface area contributed by atoms with Crippen LogP contribution in [0.3, 0.4) is 0 Å². The van der Waals surface area contributed by atoms with Crippen molar-refractivity contribution in [1.82, 2.24) is 9.80 Å². The molecule has 0 spiro atoms. The number of nitrogens with zero attached hydrogens (tertiary/aromatic N) is 3. The van der Waals surface area contributed by atoms with E-state index in [1.54, 1.807) is 30.9 Å². The molecule has 0 aromatic heterocycles. The fraction of sp³-hybridized carbons (Fsp3) is 0.529. The summed E-state index contributed by atoms with van der Waals surface area (Å²) in [5, 5.41) is 0. The van der Waals surface area contributed by atoms with E-state index in [2.05, 4.69) is 4.90 Å². The van der Waals surface area contributed by atoms with E-state index < -0.39 is 21.3 Å². The average molecular weight is 365 g/mol. The zero-order valence-corrected chi connectivity index (χ0v) is 15.5. The third-order valence-corrected chi connectivity index (χ3v) is 6.74. The zero-order valence-electron chi connectivity index (χ0n) is 14.7. The summed E-state index contributed by atoms with van der Waals surface area (Å²) in [6.07, 6.45) is 0. The van der Waals surface area contributed by atoms with Crippen molar-refractivity contribution in [1.29, 1.82) is 0 Å². The molecule has 0 bridgehead atoms. The lowest BCUT2D eigenvalue weighted by molar-refractivity contribution is -0.123. The SMILES string of the molecule is CN1CCN(C(=O)c2ccc(N3C(=O)C(C)(C)CS3(=O)=O)cc2)CC1. The Hall–Kier alpha value is -1.93. The van der Waals surface area contributed by atoms with E-state index >= 15 is 0 Å². The highest BCUT2D eigenvalue weighted by Gasteiger charge is 2.49. The minimum Gasteiger partial charge on any atom is -0.336 e. The smallest absolute Gasteiger partial charge is 0.253 e. The Balaban J connectivity index is 1.81. The van der Waals surface area contributed by atoms with Gasteiger partial charge in [-0.15, -0.1) is 0 Å². The van der Waals surface area contributed by atoms with E-state index in [9.17, 15) is 18.0 Å². The number of amides is 2. The maximum Gasteiger partial charge on any atom is 0.253 e. The number of benzene rings is 1. The van der Waals surface area contributed by atoms with Gasteiger partial charge >= 0.3 is 0 Å². The second-order valence-corrected chi connectivity index (χ2v) is 9.17. The molecule has 8 heteroatoms. The summed E-state index contributed by atoms with van der Waals surface area (Å²) in [4.78, 5) is 28.9. The third-order valence-electron chi connectivity index (χ3n) is 4.72. The van der Waals surface area contributed by atoms with Gasteiger partial charge in [0.15, 0.2) is 0 Å². The van der Waals surface area contributed by atoms with Gasteiger partial charge < -0.3 is 9.80 Å². The molecule has 0 atom stereocenters. The standard InChI is InChI=1S/C17H23N3O4S/c1-17(2)12-25(23,24)20(16(17)22)14-6-4-13(5-7-14)15(21)19-10-8-18(3)9-11-19/h4-7H,8-12H2,1-3H3. The van der Waals surface area contributed by atoms with Crippen LogP contribution >= 0.6 is 0 Å². The quantitative estimate of drug-likeness (QED) is 0.774. The second kappa shape index (κ2) is 6.10. The number of rotatable bonds is 2. The molecule has 136 valence electrons. The lowest BCUT2D eigenvalue weighted by Gasteiger charge is -2.32. The molecule has 0 saturated carbocycles. The molecule has 0 aliphatic carbocycles. The molecule has 0 unspecified atom stereocenters. The van der Waals surface area contributed by atoms with Crippen molar-refractivity contribution in [3.63, 3.8) is 0 Å². The first kappa shape index (κ1) is 17.9. The van der Waals surface area contributed by atoms with Gasteiger partial charge in [0.1, 0.15) is 0 Å². The molecule has 3 rings (SSSR count). The Kier molecular flexibility index (Phi) is 4.36. The predicted octanol–water partition coefficient (Wildman–Crippen LogP) is 0.777. The molecule has 25 heavy (non-hydrogen) atoms. The summed E-state index contributed by atoms with van der Waals surface area (Å²) in [6.45, 7) is 6.25. The summed E-state index contributed by atoms with van der Waals surface area (Å²) in [5.74, 6) is -0.720. The molecule has 2 saturated heterocycles. The highest BCUT2D eigenvalue weighted by Crippen LogP contribution is 2.35. The number of anilines is 1. The first-order chi connectivity index (χ1) is 11.6. The summed E-state index contributed by atoms with van der Waals surface area (Å²) in [5.41, 5.74) is -0.158. The van der Waals surface area contributed by atoms with E-state index in [0.29, 0.717) is 18.7 Å². The molecule has 2 amide bonds. The maximum atomic E-state index is 12.5. The minimum absolute atomic E-state index is 0.0735. The lowest BCUT2D eigenvalue weighted by atomic mass is 9.95. The number of hydrogen-bond donors (Lipinski definition) is 0. The fourth-order valence-electron chi connectivity index (χ4n) is 3.19. The van der Waals surface area contributed by atoms with Crippen molar-refractivity contribution in [2.75, 3.05) is 43.3 Å². The summed E-state index contributed by atoms with van der Waals surface area (Å²) < 4.78 is 25.5. The molecular formula is C17H23N3O4S. The highest BCUT2D eigenvalue weighted by atomic mass is 32.2. The normalized spacial score (nSPS) is 23.1. The van der Waals surface area contributed by atoms with Crippen molar-refractivity contribution >= 4 is 27.5 Å². The molecule has 2 aliphatic rings. The topological polar surface area (TPSA) is 78.0 Å².